The summed E-state index contributed by atoms with van der Waals surface area (Å²) in [6, 6.07) is 18.9. The lowest BCUT2D eigenvalue weighted by Gasteiger charge is -2.10. The first kappa shape index (κ1) is 25.8. The van der Waals surface area contributed by atoms with Crippen molar-refractivity contribution in [3.05, 3.63) is 60.2 Å². The third-order valence-corrected chi connectivity index (χ3v) is 3.76. The second kappa shape index (κ2) is 17.0. The molecule has 4 nitrogen and oxygen atoms in total. The number of hydrogen-bond acceptors (Lipinski definition) is 4. The number of carbonyl (C=O) groups is 1. The van der Waals surface area contributed by atoms with Crippen molar-refractivity contribution in [2.45, 2.75) is 59.6 Å². The van der Waals surface area contributed by atoms with E-state index in [-0.39, 0.29) is 12.1 Å². The van der Waals surface area contributed by atoms with E-state index in [2.05, 4.69) is 72.4 Å². The minimum absolute atomic E-state index is 0.157. The predicted molar refractivity (Wildman–Crippen MR) is 118 cm³/mol. The molecule has 0 aliphatic heterocycles. The van der Waals surface area contributed by atoms with Crippen LogP contribution in [0, 0.1) is 0 Å². The Hall–Kier alpha value is -2.17. The van der Waals surface area contributed by atoms with Crippen LogP contribution in [0.3, 0.4) is 0 Å². The van der Waals surface area contributed by atoms with E-state index in [4.69, 9.17) is 0 Å². The molecular formula is C24H37NO3. The van der Waals surface area contributed by atoms with Crippen molar-refractivity contribution in [3.8, 4) is 11.1 Å². The lowest BCUT2D eigenvalue weighted by molar-refractivity contribution is -0.140. The maximum absolute atomic E-state index is 9.96. The maximum Gasteiger partial charge on any atom is 0.305 e. The lowest BCUT2D eigenvalue weighted by Crippen LogP contribution is -2.25. The highest BCUT2D eigenvalue weighted by atomic mass is 16.5. The molecule has 0 aliphatic rings. The van der Waals surface area contributed by atoms with Gasteiger partial charge >= 0.3 is 5.97 Å². The van der Waals surface area contributed by atoms with Crippen LogP contribution in [0.4, 0.5) is 0 Å². The summed E-state index contributed by atoms with van der Waals surface area (Å²) in [5, 5.41) is 12.7. The van der Waals surface area contributed by atoms with Gasteiger partial charge in [0.25, 0.3) is 0 Å². The molecule has 0 fully saturated rings. The van der Waals surface area contributed by atoms with E-state index in [1.54, 1.807) is 6.92 Å². The molecule has 1 atom stereocenters. The highest BCUT2D eigenvalue weighted by Crippen LogP contribution is 2.19. The zero-order valence-corrected chi connectivity index (χ0v) is 18.1. The van der Waals surface area contributed by atoms with E-state index in [1.807, 2.05) is 13.0 Å². The number of esters is 1. The fraction of sp³-hybridized carbons (Fsp3) is 0.458. The van der Waals surface area contributed by atoms with Gasteiger partial charge in [-0.1, -0.05) is 88.7 Å². The van der Waals surface area contributed by atoms with Gasteiger partial charge in [0, 0.05) is 19.5 Å². The van der Waals surface area contributed by atoms with Crippen molar-refractivity contribution in [2.75, 3.05) is 13.7 Å². The summed E-state index contributed by atoms with van der Waals surface area (Å²) in [5.41, 5.74) is 3.71. The molecule has 4 heteroatoms. The third kappa shape index (κ3) is 12.3. The highest BCUT2D eigenvalue weighted by molar-refractivity contribution is 5.68. The van der Waals surface area contributed by atoms with Gasteiger partial charge in [0.15, 0.2) is 0 Å². The number of rotatable bonds is 7. The number of nitrogens with one attached hydrogen (secondary N) is 1. The molecule has 156 valence electrons. The van der Waals surface area contributed by atoms with Gasteiger partial charge in [-0.25, -0.2) is 0 Å². The minimum atomic E-state index is -0.247. The minimum Gasteiger partial charge on any atom is -0.469 e. The largest absolute Gasteiger partial charge is 0.469 e. The Labute approximate surface area is 170 Å². The van der Waals surface area contributed by atoms with E-state index in [0.29, 0.717) is 13.0 Å². The topological polar surface area (TPSA) is 58.6 Å². The summed E-state index contributed by atoms with van der Waals surface area (Å²) in [6.07, 6.45) is 2.26. The summed E-state index contributed by atoms with van der Waals surface area (Å²) in [5.74, 6) is -0.157. The molecule has 2 N–H and O–H groups in total. The van der Waals surface area contributed by atoms with Gasteiger partial charge in [-0.15, -0.1) is 0 Å². The second-order valence-corrected chi connectivity index (χ2v) is 6.39. The van der Waals surface area contributed by atoms with Gasteiger partial charge in [0.1, 0.15) is 0 Å². The molecule has 0 radical (unpaired) electrons. The zero-order valence-electron chi connectivity index (χ0n) is 18.1. The number of methoxy groups -OCH3 is 1. The Bertz CT molecular complexity index is 606. The third-order valence-electron chi connectivity index (χ3n) is 3.76. The number of aliphatic hydroxyl groups is 1. The molecule has 0 amide bonds. The Morgan fingerprint density at radius 3 is 1.93 bits per heavy atom. The average Bonchev–Trinajstić information content (AvgIpc) is 2.75. The van der Waals surface area contributed by atoms with Crippen LogP contribution in [0.25, 0.3) is 11.1 Å². The second-order valence-electron chi connectivity index (χ2n) is 6.39. The zero-order chi connectivity index (χ0) is 21.2. The predicted octanol–water partition coefficient (Wildman–Crippen LogP) is 5.20. The van der Waals surface area contributed by atoms with Gasteiger partial charge in [0.2, 0.25) is 0 Å². The van der Waals surface area contributed by atoms with Crippen LogP contribution in [-0.2, 0) is 16.1 Å². The number of carbonyl (C=O) groups excluding carboxylic acids is 1. The van der Waals surface area contributed by atoms with Crippen molar-refractivity contribution in [2.24, 2.45) is 0 Å². The number of hydrogen-bond donors (Lipinski definition) is 2. The summed E-state index contributed by atoms with van der Waals surface area (Å²) in [7, 11) is 1.38. The Morgan fingerprint density at radius 1 is 0.964 bits per heavy atom. The molecule has 2 aromatic carbocycles. The van der Waals surface area contributed by atoms with Crippen molar-refractivity contribution in [1.82, 2.24) is 5.32 Å². The highest BCUT2D eigenvalue weighted by Gasteiger charge is 2.00. The summed E-state index contributed by atoms with van der Waals surface area (Å²) in [4.78, 5) is 9.96. The first-order chi connectivity index (χ1) is 13.5. The molecule has 0 heterocycles. The smallest absolute Gasteiger partial charge is 0.305 e. The normalized spacial score (nSPS) is 10.6. The molecule has 2 aromatic rings. The average molecular weight is 388 g/mol. The Morgan fingerprint density at radius 2 is 1.50 bits per heavy atom. The van der Waals surface area contributed by atoms with Crippen molar-refractivity contribution in [1.29, 1.82) is 0 Å². The van der Waals surface area contributed by atoms with Crippen LogP contribution in [0.15, 0.2) is 54.6 Å². The van der Waals surface area contributed by atoms with Crippen LogP contribution in [0.5, 0.6) is 0 Å². The fourth-order valence-electron chi connectivity index (χ4n) is 2.12. The Kier molecular flexibility index (Phi) is 15.6. The molecule has 0 saturated carbocycles. The van der Waals surface area contributed by atoms with E-state index < -0.39 is 0 Å². The van der Waals surface area contributed by atoms with Crippen LogP contribution in [-0.4, -0.2) is 30.8 Å². The molecule has 1 unspecified atom stereocenters. The first-order valence-electron chi connectivity index (χ1n) is 10.1. The number of aliphatic hydroxyl groups excluding tert-OH is 1. The first-order valence-corrected chi connectivity index (χ1v) is 10.1. The molecular weight excluding hydrogens is 350 g/mol. The lowest BCUT2D eigenvalue weighted by atomic mass is 10.0. The van der Waals surface area contributed by atoms with Gasteiger partial charge in [-0.3, -0.25) is 4.79 Å². The Balaban J connectivity index is 0.000000683. The van der Waals surface area contributed by atoms with Gasteiger partial charge in [0.05, 0.1) is 13.2 Å². The van der Waals surface area contributed by atoms with E-state index in [9.17, 15) is 9.90 Å². The molecule has 28 heavy (non-hydrogen) atoms. The molecule has 0 bridgehead atoms. The van der Waals surface area contributed by atoms with E-state index in [1.165, 1.54) is 30.2 Å². The summed E-state index contributed by atoms with van der Waals surface area (Å²) < 4.78 is 4.26. The van der Waals surface area contributed by atoms with Crippen molar-refractivity contribution >= 4 is 5.97 Å². The summed E-state index contributed by atoms with van der Waals surface area (Å²) in [6.45, 7) is 9.44. The van der Waals surface area contributed by atoms with E-state index in [0.717, 1.165) is 13.0 Å². The SMILES string of the molecule is CCC.CCC(=O)OC.CCC(O)CNCc1ccc(-c2ccccc2)cc1. The van der Waals surface area contributed by atoms with E-state index >= 15 is 0 Å². The van der Waals surface area contributed by atoms with Crippen LogP contribution >= 0.6 is 0 Å². The summed E-state index contributed by atoms with van der Waals surface area (Å²) >= 11 is 0. The van der Waals surface area contributed by atoms with Gasteiger partial charge < -0.3 is 15.2 Å². The van der Waals surface area contributed by atoms with Gasteiger partial charge in [-0.2, -0.15) is 0 Å². The number of ether oxygens (including phenoxy) is 1. The fourth-order valence-corrected chi connectivity index (χ4v) is 2.12. The maximum atomic E-state index is 9.96. The molecule has 2 rings (SSSR count). The molecule has 0 aromatic heterocycles. The molecule has 0 saturated heterocycles. The van der Waals surface area contributed by atoms with Crippen LogP contribution in [0.1, 0.15) is 52.5 Å². The standard InChI is InChI=1S/C17H21NO.C4H8O2.C3H8/c1-2-17(19)13-18-12-14-8-10-16(11-9-14)15-6-4-3-5-7-15;1-3-4(5)6-2;1-3-2/h3-11,17-19H,2,12-13H2,1H3;3H2,1-2H3;3H2,1-2H3. The monoisotopic (exact) mass is 387 g/mol. The van der Waals surface area contributed by atoms with Gasteiger partial charge in [-0.05, 0) is 23.1 Å². The van der Waals surface area contributed by atoms with Crippen LogP contribution in [0.2, 0.25) is 0 Å². The van der Waals surface area contributed by atoms with Crippen LogP contribution < -0.4 is 5.32 Å². The van der Waals surface area contributed by atoms with Crippen molar-refractivity contribution in [3.63, 3.8) is 0 Å². The molecule has 0 aliphatic carbocycles. The van der Waals surface area contributed by atoms with Crippen molar-refractivity contribution < 1.29 is 14.6 Å². The number of benzene rings is 2. The quantitative estimate of drug-likeness (QED) is 0.641. The molecule has 0 spiro atoms.